The molecule has 136 valence electrons. The molecule has 2 N–H and O–H groups in total. The van der Waals surface area contributed by atoms with Gasteiger partial charge in [0.2, 0.25) is 0 Å². The minimum absolute atomic E-state index is 0.0903. The number of aliphatic hydroxyl groups excluding tert-OH is 1. The van der Waals surface area contributed by atoms with Crippen LogP contribution in [0, 0.1) is 5.92 Å². The summed E-state index contributed by atoms with van der Waals surface area (Å²) in [6, 6.07) is 7.64. The van der Waals surface area contributed by atoms with E-state index in [0.717, 1.165) is 24.9 Å². The lowest BCUT2D eigenvalue weighted by Gasteiger charge is -2.28. The Morgan fingerprint density at radius 2 is 1.79 bits per heavy atom. The van der Waals surface area contributed by atoms with Crippen molar-refractivity contribution in [2.45, 2.75) is 58.1 Å². The van der Waals surface area contributed by atoms with Gasteiger partial charge in [0, 0.05) is 11.1 Å². The van der Waals surface area contributed by atoms with E-state index in [1.807, 2.05) is 24.3 Å². The minimum atomic E-state index is -0.486. The van der Waals surface area contributed by atoms with Crippen LogP contribution >= 0.6 is 11.6 Å². The number of aliphatic hydroxyl groups is 1. The Morgan fingerprint density at radius 1 is 1.12 bits per heavy atom. The number of likely N-dealkylation sites (tertiary alicyclic amines) is 1. The van der Waals surface area contributed by atoms with Crippen LogP contribution in [-0.2, 0) is 0 Å². The SMILES string of the molecule is CC(C)CC(NCCCN1CCCCC1)C(O)c1ccc(Cl)cc1. The molecule has 3 nitrogen and oxygen atoms in total. The summed E-state index contributed by atoms with van der Waals surface area (Å²) < 4.78 is 0. The Hall–Kier alpha value is -0.610. The van der Waals surface area contributed by atoms with Gasteiger partial charge in [-0.3, -0.25) is 0 Å². The largest absolute Gasteiger partial charge is 0.387 e. The van der Waals surface area contributed by atoms with Crippen molar-refractivity contribution >= 4 is 11.6 Å². The average Bonchev–Trinajstić information content (AvgIpc) is 2.58. The van der Waals surface area contributed by atoms with E-state index in [1.54, 1.807) is 0 Å². The van der Waals surface area contributed by atoms with Crippen LogP contribution in [0.25, 0.3) is 0 Å². The summed E-state index contributed by atoms with van der Waals surface area (Å²) in [6.45, 7) is 9.04. The molecule has 1 aliphatic heterocycles. The van der Waals surface area contributed by atoms with Crippen molar-refractivity contribution in [2.75, 3.05) is 26.2 Å². The second kappa shape index (κ2) is 10.4. The van der Waals surface area contributed by atoms with E-state index < -0.39 is 6.10 Å². The van der Waals surface area contributed by atoms with Crippen molar-refractivity contribution in [1.82, 2.24) is 10.2 Å². The molecule has 0 aromatic heterocycles. The topological polar surface area (TPSA) is 35.5 Å². The lowest BCUT2D eigenvalue weighted by atomic mass is 9.94. The molecular formula is C20H33ClN2O. The Bertz CT molecular complexity index is 457. The van der Waals surface area contributed by atoms with Crippen LogP contribution < -0.4 is 5.32 Å². The predicted molar refractivity (Wildman–Crippen MR) is 103 cm³/mol. The van der Waals surface area contributed by atoms with Crippen LogP contribution in [0.1, 0.15) is 57.6 Å². The highest BCUT2D eigenvalue weighted by Gasteiger charge is 2.21. The molecule has 1 fully saturated rings. The van der Waals surface area contributed by atoms with E-state index in [2.05, 4.69) is 24.1 Å². The van der Waals surface area contributed by atoms with Crippen LogP contribution in [0.15, 0.2) is 24.3 Å². The van der Waals surface area contributed by atoms with Gasteiger partial charge in [-0.25, -0.2) is 0 Å². The number of nitrogens with one attached hydrogen (secondary N) is 1. The third-order valence-electron chi connectivity index (χ3n) is 4.82. The predicted octanol–water partition coefficient (Wildman–Crippen LogP) is 4.25. The molecule has 0 bridgehead atoms. The molecule has 2 rings (SSSR count). The number of hydrogen-bond donors (Lipinski definition) is 2. The van der Waals surface area contributed by atoms with Crippen molar-refractivity contribution in [3.63, 3.8) is 0 Å². The molecule has 0 aliphatic carbocycles. The fraction of sp³-hybridized carbons (Fsp3) is 0.700. The molecule has 1 aromatic carbocycles. The van der Waals surface area contributed by atoms with Crippen LogP contribution in [0.4, 0.5) is 0 Å². The highest BCUT2D eigenvalue weighted by atomic mass is 35.5. The minimum Gasteiger partial charge on any atom is -0.387 e. The molecule has 1 aliphatic rings. The van der Waals surface area contributed by atoms with Gasteiger partial charge in [0.05, 0.1) is 6.10 Å². The van der Waals surface area contributed by atoms with Gasteiger partial charge in [0.15, 0.2) is 0 Å². The zero-order chi connectivity index (χ0) is 17.4. The zero-order valence-electron chi connectivity index (χ0n) is 15.2. The van der Waals surface area contributed by atoms with E-state index in [-0.39, 0.29) is 6.04 Å². The number of rotatable bonds is 9. The maximum absolute atomic E-state index is 10.8. The van der Waals surface area contributed by atoms with Crippen LogP contribution in [-0.4, -0.2) is 42.2 Å². The van der Waals surface area contributed by atoms with Crippen molar-refractivity contribution in [3.05, 3.63) is 34.9 Å². The van der Waals surface area contributed by atoms with E-state index >= 15 is 0 Å². The number of piperidine rings is 1. The van der Waals surface area contributed by atoms with Gasteiger partial charge in [-0.05, 0) is 75.5 Å². The van der Waals surface area contributed by atoms with Gasteiger partial charge in [-0.15, -0.1) is 0 Å². The fourth-order valence-corrected chi connectivity index (χ4v) is 3.62. The smallest absolute Gasteiger partial charge is 0.0943 e. The normalized spacial score (nSPS) is 18.7. The summed E-state index contributed by atoms with van der Waals surface area (Å²) >= 11 is 5.95. The van der Waals surface area contributed by atoms with Crippen molar-refractivity contribution in [2.24, 2.45) is 5.92 Å². The molecule has 24 heavy (non-hydrogen) atoms. The van der Waals surface area contributed by atoms with E-state index in [4.69, 9.17) is 11.6 Å². The Balaban J connectivity index is 1.81. The first-order valence-electron chi connectivity index (χ1n) is 9.45. The monoisotopic (exact) mass is 352 g/mol. The molecule has 2 atom stereocenters. The third-order valence-corrected chi connectivity index (χ3v) is 5.08. The maximum Gasteiger partial charge on any atom is 0.0943 e. The Kier molecular flexibility index (Phi) is 8.54. The quantitative estimate of drug-likeness (QED) is 0.652. The molecule has 0 amide bonds. The summed E-state index contributed by atoms with van der Waals surface area (Å²) in [5, 5.41) is 15.1. The van der Waals surface area contributed by atoms with Gasteiger partial charge < -0.3 is 15.3 Å². The fourth-order valence-electron chi connectivity index (χ4n) is 3.50. The van der Waals surface area contributed by atoms with E-state index in [0.29, 0.717) is 10.9 Å². The highest BCUT2D eigenvalue weighted by molar-refractivity contribution is 6.30. The molecular weight excluding hydrogens is 320 g/mol. The van der Waals surface area contributed by atoms with Gasteiger partial charge in [0.1, 0.15) is 0 Å². The standard InChI is InChI=1S/C20H33ClN2O/c1-16(2)15-19(20(24)17-7-9-18(21)10-8-17)22-11-6-14-23-12-4-3-5-13-23/h7-10,16,19-20,22,24H,3-6,11-15H2,1-2H3. The first-order valence-corrected chi connectivity index (χ1v) is 9.83. The summed E-state index contributed by atoms with van der Waals surface area (Å²) in [7, 11) is 0. The molecule has 0 spiro atoms. The zero-order valence-corrected chi connectivity index (χ0v) is 15.9. The summed E-state index contributed by atoms with van der Waals surface area (Å²) in [6.07, 6.45) is 5.70. The van der Waals surface area contributed by atoms with Gasteiger partial charge in [0.25, 0.3) is 0 Å². The van der Waals surface area contributed by atoms with E-state index in [9.17, 15) is 5.11 Å². The first kappa shape index (κ1) is 19.7. The first-order chi connectivity index (χ1) is 11.6. The molecule has 1 saturated heterocycles. The van der Waals surface area contributed by atoms with Gasteiger partial charge >= 0.3 is 0 Å². The van der Waals surface area contributed by atoms with Crippen molar-refractivity contribution < 1.29 is 5.11 Å². The molecule has 2 unspecified atom stereocenters. The number of hydrogen-bond acceptors (Lipinski definition) is 3. The van der Waals surface area contributed by atoms with Gasteiger partial charge in [-0.2, -0.15) is 0 Å². The molecule has 0 radical (unpaired) electrons. The summed E-state index contributed by atoms with van der Waals surface area (Å²) in [5.41, 5.74) is 0.939. The average molecular weight is 353 g/mol. The Labute approximate surface area is 152 Å². The van der Waals surface area contributed by atoms with Crippen LogP contribution in [0.2, 0.25) is 5.02 Å². The maximum atomic E-state index is 10.8. The van der Waals surface area contributed by atoms with Crippen LogP contribution in [0.5, 0.6) is 0 Å². The van der Waals surface area contributed by atoms with Crippen LogP contribution in [0.3, 0.4) is 0 Å². The van der Waals surface area contributed by atoms with Gasteiger partial charge in [-0.1, -0.05) is 44.0 Å². The lowest BCUT2D eigenvalue weighted by molar-refractivity contribution is 0.115. The number of benzene rings is 1. The van der Waals surface area contributed by atoms with E-state index in [1.165, 1.54) is 38.9 Å². The number of nitrogens with zero attached hydrogens (tertiary/aromatic N) is 1. The summed E-state index contributed by atoms with van der Waals surface area (Å²) in [5.74, 6) is 0.548. The second-order valence-corrected chi connectivity index (χ2v) is 7.88. The highest BCUT2D eigenvalue weighted by Crippen LogP contribution is 2.23. The third kappa shape index (κ3) is 6.72. The molecule has 1 heterocycles. The van der Waals surface area contributed by atoms with Crippen molar-refractivity contribution in [3.8, 4) is 0 Å². The summed E-state index contributed by atoms with van der Waals surface area (Å²) in [4.78, 5) is 2.57. The second-order valence-electron chi connectivity index (χ2n) is 7.44. The van der Waals surface area contributed by atoms with Crippen molar-refractivity contribution in [1.29, 1.82) is 0 Å². The Morgan fingerprint density at radius 3 is 2.42 bits per heavy atom. The lowest BCUT2D eigenvalue weighted by Crippen LogP contribution is -2.38. The number of halogens is 1. The molecule has 4 heteroatoms. The molecule has 0 saturated carbocycles. The molecule has 1 aromatic rings.